The van der Waals surface area contributed by atoms with Gasteiger partial charge in [-0.3, -0.25) is 0 Å². The maximum absolute atomic E-state index is 9.40. The molecule has 11 heteroatoms. The van der Waals surface area contributed by atoms with E-state index in [2.05, 4.69) is 32.2 Å². The van der Waals surface area contributed by atoms with Gasteiger partial charge >= 0.3 is 0 Å². The number of hydrogen-bond donors (Lipinski definition) is 4. The van der Waals surface area contributed by atoms with Crippen LogP contribution in [0.4, 0.5) is 11.9 Å². The zero-order valence-electron chi connectivity index (χ0n) is 21.2. The Hall–Kier alpha value is -4.12. The molecule has 6 N–H and O–H groups in total. The van der Waals surface area contributed by atoms with Gasteiger partial charge in [0.15, 0.2) is 0 Å². The number of nitrogens with one attached hydrogen (secondary N) is 1. The summed E-state index contributed by atoms with van der Waals surface area (Å²) in [7, 11) is 0. The maximum Gasteiger partial charge on any atom is 0.294 e. The van der Waals surface area contributed by atoms with Gasteiger partial charge in [0.25, 0.3) is 6.01 Å². The molecular weight excluding hydrogens is 518 g/mol. The van der Waals surface area contributed by atoms with E-state index in [0.717, 1.165) is 45.4 Å². The molecule has 1 saturated heterocycles. The molecule has 5 aromatic rings. The second-order valence-corrected chi connectivity index (χ2v) is 10.2. The van der Waals surface area contributed by atoms with Crippen molar-refractivity contribution in [1.82, 2.24) is 24.7 Å². The molecule has 39 heavy (non-hydrogen) atoms. The average Bonchev–Trinajstić information content (AvgIpc) is 3.49. The number of aromatic amines is 1. The topological polar surface area (TPSA) is 150 Å². The fourth-order valence-corrected chi connectivity index (χ4v) is 5.23. The van der Waals surface area contributed by atoms with Gasteiger partial charge in [-0.05, 0) is 53.3 Å². The highest BCUT2D eigenvalue weighted by atomic mass is 35.5. The summed E-state index contributed by atoms with van der Waals surface area (Å²) in [5.74, 6) is 0.572. The Balaban J connectivity index is 1.19. The van der Waals surface area contributed by atoms with E-state index in [1.54, 1.807) is 0 Å². The average molecular weight is 546 g/mol. The first-order valence-corrected chi connectivity index (χ1v) is 13.0. The summed E-state index contributed by atoms with van der Waals surface area (Å²) in [6.45, 7) is 2.48. The fourth-order valence-electron chi connectivity index (χ4n) is 4.95. The van der Waals surface area contributed by atoms with Crippen LogP contribution >= 0.6 is 11.6 Å². The summed E-state index contributed by atoms with van der Waals surface area (Å²) in [6, 6.07) is 20.2. The van der Waals surface area contributed by atoms with Crippen LogP contribution in [-0.2, 0) is 4.74 Å². The third kappa shape index (κ3) is 5.01. The summed E-state index contributed by atoms with van der Waals surface area (Å²) in [5, 5.41) is 14.1. The molecule has 0 amide bonds. The Morgan fingerprint density at radius 2 is 1.74 bits per heavy atom. The maximum atomic E-state index is 9.40. The van der Waals surface area contributed by atoms with Crippen LogP contribution in [0.2, 0.25) is 5.02 Å². The van der Waals surface area contributed by atoms with E-state index in [-0.39, 0.29) is 36.6 Å². The summed E-state index contributed by atoms with van der Waals surface area (Å²) in [6.07, 6.45) is 0.505. The van der Waals surface area contributed by atoms with E-state index in [1.165, 1.54) is 4.68 Å². The summed E-state index contributed by atoms with van der Waals surface area (Å²) < 4.78 is 13.3. The number of benzene rings is 3. The SMILES string of the molecule is C[C@H]1C[C@@H](Oc2nc3cc(-c4ccc(-c5ccc(-n6nc(N)nc6N)cc5)cc4)c(Cl)cc3[nH]2)CO[C@@H]1CO. The number of aliphatic hydroxyl groups excluding tert-OH is 1. The third-order valence-electron chi connectivity index (χ3n) is 7.06. The number of ether oxygens (including phenoxy) is 2. The van der Waals surface area contributed by atoms with Gasteiger partial charge in [0.2, 0.25) is 11.9 Å². The number of hydrogen-bond acceptors (Lipinski definition) is 8. The molecular formula is C28H28ClN7O3. The molecule has 1 aliphatic heterocycles. The molecule has 6 rings (SSSR count). The summed E-state index contributed by atoms with van der Waals surface area (Å²) in [5.41, 5.74) is 17.8. The summed E-state index contributed by atoms with van der Waals surface area (Å²) in [4.78, 5) is 11.8. The van der Waals surface area contributed by atoms with Crippen molar-refractivity contribution < 1.29 is 14.6 Å². The normalized spacial score (nSPS) is 19.4. The lowest BCUT2D eigenvalue weighted by atomic mass is 9.95. The van der Waals surface area contributed by atoms with Gasteiger partial charge in [-0.15, -0.1) is 5.10 Å². The number of halogens is 1. The fraction of sp³-hybridized carbons (Fsp3) is 0.250. The second kappa shape index (κ2) is 10.2. The third-order valence-corrected chi connectivity index (χ3v) is 7.38. The molecule has 3 heterocycles. The van der Waals surface area contributed by atoms with Gasteiger partial charge in [0.1, 0.15) is 6.10 Å². The van der Waals surface area contributed by atoms with E-state index >= 15 is 0 Å². The van der Waals surface area contributed by atoms with Gasteiger partial charge in [0.05, 0.1) is 41.1 Å². The van der Waals surface area contributed by atoms with E-state index in [9.17, 15) is 5.11 Å². The molecule has 0 unspecified atom stereocenters. The molecule has 1 fully saturated rings. The van der Waals surface area contributed by atoms with Gasteiger partial charge in [-0.25, -0.2) is 0 Å². The minimum Gasteiger partial charge on any atom is -0.459 e. The van der Waals surface area contributed by atoms with Crippen molar-refractivity contribution in [2.75, 3.05) is 24.7 Å². The molecule has 10 nitrogen and oxygen atoms in total. The Morgan fingerprint density at radius 1 is 1.05 bits per heavy atom. The molecule has 3 atom stereocenters. The molecule has 0 spiro atoms. The molecule has 200 valence electrons. The van der Waals surface area contributed by atoms with Gasteiger partial charge in [0, 0.05) is 5.56 Å². The molecule has 0 saturated carbocycles. The Kier molecular flexibility index (Phi) is 6.59. The summed E-state index contributed by atoms with van der Waals surface area (Å²) >= 11 is 6.67. The Bertz CT molecular complexity index is 1620. The number of rotatable bonds is 6. The predicted octanol–water partition coefficient (Wildman–Crippen LogP) is 4.46. The molecule has 3 aromatic carbocycles. The number of anilines is 2. The first-order valence-electron chi connectivity index (χ1n) is 12.7. The van der Waals surface area contributed by atoms with Gasteiger partial charge in [-0.1, -0.05) is 54.9 Å². The molecule has 0 bridgehead atoms. The zero-order valence-corrected chi connectivity index (χ0v) is 22.0. The van der Waals surface area contributed by atoms with Gasteiger partial charge < -0.3 is 31.0 Å². The number of H-pyrrole nitrogens is 1. The monoisotopic (exact) mass is 545 g/mol. The van der Waals surface area contributed by atoms with E-state index in [4.69, 9.17) is 32.5 Å². The lowest BCUT2D eigenvalue weighted by Gasteiger charge is -2.32. The minimum atomic E-state index is -0.147. The van der Waals surface area contributed by atoms with Crippen LogP contribution in [0, 0.1) is 5.92 Å². The van der Waals surface area contributed by atoms with Crippen LogP contribution in [0.15, 0.2) is 60.7 Å². The first-order chi connectivity index (χ1) is 18.9. The number of imidazole rings is 1. The lowest BCUT2D eigenvalue weighted by Crippen LogP contribution is -2.40. The number of nitrogens with two attached hydrogens (primary N) is 2. The van der Waals surface area contributed by atoms with E-state index < -0.39 is 0 Å². The Labute approximate surface area is 229 Å². The smallest absolute Gasteiger partial charge is 0.294 e. The van der Waals surface area contributed by atoms with Crippen molar-refractivity contribution in [2.45, 2.75) is 25.6 Å². The largest absolute Gasteiger partial charge is 0.459 e. The molecule has 0 aliphatic carbocycles. The van der Waals surface area contributed by atoms with Crippen molar-refractivity contribution >= 4 is 34.5 Å². The quantitative estimate of drug-likeness (QED) is 0.244. The van der Waals surface area contributed by atoms with Crippen LogP contribution in [0.25, 0.3) is 39.0 Å². The zero-order chi connectivity index (χ0) is 27.1. The Morgan fingerprint density at radius 3 is 2.38 bits per heavy atom. The molecule has 0 radical (unpaired) electrons. The van der Waals surface area contributed by atoms with Crippen molar-refractivity contribution in [2.24, 2.45) is 5.92 Å². The highest BCUT2D eigenvalue weighted by Crippen LogP contribution is 2.34. The van der Waals surface area contributed by atoms with Gasteiger partial charge in [-0.2, -0.15) is 14.6 Å². The van der Waals surface area contributed by atoms with Crippen molar-refractivity contribution in [3.05, 3.63) is 65.7 Å². The molecule has 2 aromatic heterocycles. The number of aromatic nitrogens is 5. The first kappa shape index (κ1) is 25.2. The van der Waals surface area contributed by atoms with Crippen LogP contribution in [0.1, 0.15) is 13.3 Å². The highest BCUT2D eigenvalue weighted by molar-refractivity contribution is 6.34. The minimum absolute atomic E-state index is 0.0164. The number of fused-ring (bicyclic) bond motifs is 1. The second-order valence-electron chi connectivity index (χ2n) is 9.76. The lowest BCUT2D eigenvalue weighted by molar-refractivity contribution is -0.0958. The van der Waals surface area contributed by atoms with E-state index in [0.29, 0.717) is 17.6 Å². The number of aliphatic hydroxyl groups is 1. The van der Waals surface area contributed by atoms with Crippen LogP contribution in [0.5, 0.6) is 6.01 Å². The van der Waals surface area contributed by atoms with Crippen molar-refractivity contribution in [3.63, 3.8) is 0 Å². The standard InChI is InChI=1S/C28H28ClN7O3/c1-15-10-20(14-38-25(15)13-37)39-28-32-23-11-21(22(29)12-24(23)33-28)18-4-2-16(3-5-18)17-6-8-19(9-7-17)36-27(31)34-26(30)35-36/h2-9,11-12,15,20,25,37H,10,13-14H2,1H3,(H,32,33)(H4,30,31,34,35)/t15-,20+,25+/m0/s1. The highest BCUT2D eigenvalue weighted by Gasteiger charge is 2.29. The van der Waals surface area contributed by atoms with Crippen molar-refractivity contribution in [3.8, 4) is 34.0 Å². The van der Waals surface area contributed by atoms with Crippen LogP contribution < -0.4 is 16.2 Å². The van der Waals surface area contributed by atoms with Crippen LogP contribution in [0.3, 0.4) is 0 Å². The predicted molar refractivity (Wildman–Crippen MR) is 151 cm³/mol. The van der Waals surface area contributed by atoms with Crippen LogP contribution in [-0.4, -0.2) is 55.3 Å². The number of nitrogen functional groups attached to an aromatic ring is 2. The van der Waals surface area contributed by atoms with Crippen molar-refractivity contribution in [1.29, 1.82) is 0 Å². The van der Waals surface area contributed by atoms with E-state index in [1.807, 2.05) is 55.5 Å². The number of nitrogens with zero attached hydrogens (tertiary/aromatic N) is 4. The molecule has 1 aliphatic rings.